The van der Waals surface area contributed by atoms with Crippen molar-refractivity contribution >= 4 is 45.8 Å². The first-order valence-corrected chi connectivity index (χ1v) is 5.94. The van der Waals surface area contributed by atoms with Crippen LogP contribution in [0.2, 0.25) is 10.0 Å². The monoisotopic (exact) mass is 350 g/mol. The second-order valence-electron chi connectivity index (χ2n) is 2.84. The summed E-state index contributed by atoms with van der Waals surface area (Å²) in [6.07, 6.45) is 3.46. The molecule has 1 aromatic carbocycles. The van der Waals surface area contributed by atoms with Crippen molar-refractivity contribution in [2.75, 3.05) is 0 Å². The number of hydrogen-bond donors (Lipinski definition) is 0. The maximum atomic E-state index is 6.08. The van der Waals surface area contributed by atoms with E-state index in [4.69, 9.17) is 23.2 Å². The highest BCUT2D eigenvalue weighted by molar-refractivity contribution is 14.1. The third kappa shape index (κ3) is 2.41. The summed E-state index contributed by atoms with van der Waals surface area (Å²) < 4.78 is 0.703. The van der Waals surface area contributed by atoms with Gasteiger partial charge < -0.3 is 0 Å². The molecule has 5 heteroatoms. The van der Waals surface area contributed by atoms with E-state index in [0.29, 0.717) is 13.9 Å². The SMILES string of the molecule is Clc1cccc(-c2cnc(I)nc2)c1Cl. The van der Waals surface area contributed by atoms with Gasteiger partial charge in [0.05, 0.1) is 10.0 Å². The van der Waals surface area contributed by atoms with Gasteiger partial charge in [-0.15, -0.1) is 0 Å². The Morgan fingerprint density at radius 2 is 1.73 bits per heavy atom. The van der Waals surface area contributed by atoms with E-state index < -0.39 is 0 Å². The van der Waals surface area contributed by atoms with Crippen LogP contribution in [0.1, 0.15) is 0 Å². The molecule has 0 aliphatic rings. The highest BCUT2D eigenvalue weighted by Crippen LogP contribution is 2.32. The van der Waals surface area contributed by atoms with Crippen molar-refractivity contribution in [1.82, 2.24) is 9.97 Å². The Kier molecular flexibility index (Phi) is 3.43. The Morgan fingerprint density at radius 3 is 2.40 bits per heavy atom. The molecule has 76 valence electrons. The van der Waals surface area contributed by atoms with Gasteiger partial charge in [0.15, 0.2) is 3.83 Å². The van der Waals surface area contributed by atoms with Gasteiger partial charge in [-0.25, -0.2) is 9.97 Å². The van der Waals surface area contributed by atoms with Crippen LogP contribution in [0.25, 0.3) is 11.1 Å². The molecule has 0 amide bonds. The van der Waals surface area contributed by atoms with E-state index >= 15 is 0 Å². The number of rotatable bonds is 1. The number of aromatic nitrogens is 2. The molecule has 0 aliphatic heterocycles. The largest absolute Gasteiger partial charge is 0.231 e. The molecule has 1 aromatic heterocycles. The van der Waals surface area contributed by atoms with Crippen LogP contribution in [0.4, 0.5) is 0 Å². The molecule has 0 spiro atoms. The Balaban J connectivity index is 2.54. The summed E-state index contributed by atoms with van der Waals surface area (Å²) in [6.45, 7) is 0. The second-order valence-corrected chi connectivity index (χ2v) is 4.59. The van der Waals surface area contributed by atoms with Crippen LogP contribution in [0.3, 0.4) is 0 Å². The van der Waals surface area contributed by atoms with Crippen molar-refractivity contribution in [2.24, 2.45) is 0 Å². The number of halogens is 3. The normalized spacial score (nSPS) is 10.3. The predicted octanol–water partition coefficient (Wildman–Crippen LogP) is 4.06. The standard InChI is InChI=1S/C10H5Cl2IN2/c11-8-3-1-2-7(9(8)12)6-4-14-10(13)15-5-6/h1-5H. The molecule has 2 rings (SSSR count). The molecule has 0 bridgehead atoms. The molecule has 2 aromatic rings. The van der Waals surface area contributed by atoms with E-state index in [9.17, 15) is 0 Å². The lowest BCUT2D eigenvalue weighted by Crippen LogP contribution is -1.88. The van der Waals surface area contributed by atoms with Gasteiger partial charge in [0.25, 0.3) is 0 Å². The first kappa shape index (κ1) is 11.1. The summed E-state index contributed by atoms with van der Waals surface area (Å²) in [5, 5.41) is 1.07. The van der Waals surface area contributed by atoms with Gasteiger partial charge in [0.2, 0.25) is 0 Å². The van der Waals surface area contributed by atoms with Crippen molar-refractivity contribution < 1.29 is 0 Å². The first-order chi connectivity index (χ1) is 7.18. The van der Waals surface area contributed by atoms with Crippen LogP contribution in [0.5, 0.6) is 0 Å². The molecule has 0 N–H and O–H groups in total. The van der Waals surface area contributed by atoms with Crippen molar-refractivity contribution in [3.8, 4) is 11.1 Å². The third-order valence-electron chi connectivity index (χ3n) is 1.88. The maximum Gasteiger partial charge on any atom is 0.190 e. The van der Waals surface area contributed by atoms with Gasteiger partial charge in [-0.05, 0) is 6.07 Å². The fourth-order valence-corrected chi connectivity index (χ4v) is 1.87. The molecular formula is C10H5Cl2IN2. The van der Waals surface area contributed by atoms with Crippen molar-refractivity contribution in [2.45, 2.75) is 0 Å². The zero-order chi connectivity index (χ0) is 10.8. The van der Waals surface area contributed by atoms with Gasteiger partial charge >= 0.3 is 0 Å². The van der Waals surface area contributed by atoms with Crippen LogP contribution in [-0.4, -0.2) is 9.97 Å². The smallest absolute Gasteiger partial charge is 0.190 e. The maximum absolute atomic E-state index is 6.08. The van der Waals surface area contributed by atoms with Crippen LogP contribution >= 0.6 is 45.8 Å². The fraction of sp³-hybridized carbons (Fsp3) is 0. The molecule has 0 fully saturated rings. The van der Waals surface area contributed by atoms with E-state index in [1.54, 1.807) is 18.5 Å². The highest BCUT2D eigenvalue weighted by Gasteiger charge is 2.07. The number of benzene rings is 1. The van der Waals surface area contributed by atoms with Crippen LogP contribution in [0, 0.1) is 3.83 Å². The Hall–Kier alpha value is -0.390. The van der Waals surface area contributed by atoms with Gasteiger partial charge in [-0.2, -0.15) is 0 Å². The zero-order valence-electron chi connectivity index (χ0n) is 7.42. The molecule has 15 heavy (non-hydrogen) atoms. The number of nitrogens with zero attached hydrogens (tertiary/aromatic N) is 2. The van der Waals surface area contributed by atoms with Crippen LogP contribution in [0.15, 0.2) is 30.6 Å². The average Bonchev–Trinajstić information content (AvgIpc) is 2.24. The zero-order valence-corrected chi connectivity index (χ0v) is 11.1. The van der Waals surface area contributed by atoms with Crippen molar-refractivity contribution in [3.63, 3.8) is 0 Å². The minimum absolute atomic E-state index is 0.531. The molecule has 0 aliphatic carbocycles. The summed E-state index contributed by atoms with van der Waals surface area (Å²) in [4.78, 5) is 8.20. The topological polar surface area (TPSA) is 25.8 Å². The van der Waals surface area contributed by atoms with Crippen LogP contribution in [-0.2, 0) is 0 Å². The van der Waals surface area contributed by atoms with Gasteiger partial charge in [-0.3, -0.25) is 0 Å². The Labute approximate surface area is 111 Å². The lowest BCUT2D eigenvalue weighted by atomic mass is 10.1. The first-order valence-electron chi connectivity index (χ1n) is 4.10. The molecule has 0 atom stereocenters. The Bertz CT molecular complexity index is 485. The van der Waals surface area contributed by atoms with E-state index in [-0.39, 0.29) is 0 Å². The summed E-state index contributed by atoms with van der Waals surface area (Å²) in [5.41, 5.74) is 1.71. The van der Waals surface area contributed by atoms with Crippen molar-refractivity contribution in [3.05, 3.63) is 44.5 Å². The second kappa shape index (κ2) is 4.63. The molecule has 0 saturated heterocycles. The van der Waals surface area contributed by atoms with E-state index in [0.717, 1.165) is 11.1 Å². The van der Waals surface area contributed by atoms with E-state index in [2.05, 4.69) is 9.97 Å². The van der Waals surface area contributed by atoms with Crippen molar-refractivity contribution in [1.29, 1.82) is 0 Å². The lowest BCUT2D eigenvalue weighted by molar-refractivity contribution is 1.11. The minimum Gasteiger partial charge on any atom is -0.231 e. The van der Waals surface area contributed by atoms with Gasteiger partial charge in [0, 0.05) is 46.1 Å². The predicted molar refractivity (Wildman–Crippen MR) is 70.2 cm³/mol. The molecule has 0 unspecified atom stereocenters. The molecule has 1 heterocycles. The summed E-state index contributed by atoms with van der Waals surface area (Å²) in [6, 6.07) is 5.49. The minimum atomic E-state index is 0.531. The number of hydrogen-bond acceptors (Lipinski definition) is 2. The van der Waals surface area contributed by atoms with Gasteiger partial charge in [0.1, 0.15) is 0 Å². The molecule has 0 saturated carbocycles. The summed E-state index contributed by atoms with van der Waals surface area (Å²) >= 11 is 14.0. The fourth-order valence-electron chi connectivity index (χ4n) is 1.18. The third-order valence-corrected chi connectivity index (χ3v) is 3.26. The average molecular weight is 351 g/mol. The summed E-state index contributed by atoms with van der Waals surface area (Å²) in [5.74, 6) is 0. The van der Waals surface area contributed by atoms with Crippen LogP contribution < -0.4 is 0 Å². The summed E-state index contributed by atoms with van der Waals surface area (Å²) in [7, 11) is 0. The van der Waals surface area contributed by atoms with Gasteiger partial charge in [-0.1, -0.05) is 35.3 Å². The highest BCUT2D eigenvalue weighted by atomic mass is 127. The quantitative estimate of drug-likeness (QED) is 0.572. The lowest BCUT2D eigenvalue weighted by Gasteiger charge is -2.04. The molecule has 2 nitrogen and oxygen atoms in total. The molecular weight excluding hydrogens is 346 g/mol. The Morgan fingerprint density at radius 1 is 1.07 bits per heavy atom. The molecule has 0 radical (unpaired) electrons. The van der Waals surface area contributed by atoms with E-state index in [1.807, 2.05) is 34.7 Å². The van der Waals surface area contributed by atoms with E-state index in [1.165, 1.54) is 0 Å².